The topological polar surface area (TPSA) is 251 Å². The number of rotatable bonds is 13. The average molecular weight is 701 g/mol. The summed E-state index contributed by atoms with van der Waals surface area (Å²) in [5, 5.41) is 27.5. The fraction of sp³-hybridized carbons (Fsp3) is 0.438. The lowest BCUT2D eigenvalue weighted by Gasteiger charge is -2.32. The van der Waals surface area contributed by atoms with Crippen molar-refractivity contribution < 1.29 is 38.6 Å². The number of carbonyl (C=O) groups is 5. The molecule has 1 heterocycles. The van der Waals surface area contributed by atoms with E-state index in [0.717, 1.165) is 4.90 Å². The van der Waals surface area contributed by atoms with Gasteiger partial charge in [-0.2, -0.15) is 5.26 Å². The van der Waals surface area contributed by atoms with Gasteiger partial charge in [0.05, 0.1) is 6.07 Å². The summed E-state index contributed by atoms with van der Waals surface area (Å²) in [7, 11) is 1.33. The summed E-state index contributed by atoms with van der Waals surface area (Å²) in [5.41, 5.74) is 13.3. The van der Waals surface area contributed by atoms with Crippen LogP contribution in [0.2, 0.25) is 0 Å². The molecule has 3 rings (SSSR count). The van der Waals surface area contributed by atoms with Crippen LogP contribution < -0.4 is 42.2 Å². The summed E-state index contributed by atoms with van der Waals surface area (Å²) >= 11 is 5.50. The summed E-state index contributed by atoms with van der Waals surface area (Å²) in [6.45, 7) is 1.31. The Kier molecular flexibility index (Phi) is 14.6. The van der Waals surface area contributed by atoms with Crippen molar-refractivity contribution in [2.24, 2.45) is 11.5 Å². The Hall–Kier alpha value is -4.95. The van der Waals surface area contributed by atoms with Gasteiger partial charge in [-0.15, -0.1) is 0 Å². The van der Waals surface area contributed by atoms with E-state index in [9.17, 15) is 29.1 Å². The number of carbonyl (C=O) groups excluding carboxylic acids is 5. The predicted molar refractivity (Wildman–Crippen MR) is 178 cm³/mol. The Morgan fingerprint density at radius 1 is 1.06 bits per heavy atom. The second kappa shape index (κ2) is 18.6. The maximum Gasteiger partial charge on any atom is 0.314 e. The zero-order valence-corrected chi connectivity index (χ0v) is 27.9. The highest BCUT2D eigenvalue weighted by molar-refractivity contribution is 6.63. The van der Waals surface area contributed by atoms with Crippen LogP contribution in [0, 0.1) is 11.3 Å². The summed E-state index contributed by atoms with van der Waals surface area (Å²) in [5.74, 6) is -2.12. The summed E-state index contributed by atoms with van der Waals surface area (Å²) < 4.78 is 12.0. The average Bonchev–Trinajstić information content (AvgIpc) is 3.07. The van der Waals surface area contributed by atoms with E-state index < -0.39 is 59.8 Å². The normalized spacial score (nSPS) is 18.0. The van der Waals surface area contributed by atoms with Crippen LogP contribution in [-0.2, 0) is 25.6 Å². The van der Waals surface area contributed by atoms with E-state index in [1.54, 1.807) is 36.4 Å². The van der Waals surface area contributed by atoms with Crippen LogP contribution in [0.4, 0.5) is 4.79 Å². The molecular weight excluding hydrogens is 660 g/mol. The third kappa shape index (κ3) is 10.3. The van der Waals surface area contributed by atoms with Gasteiger partial charge in [0.1, 0.15) is 55.4 Å². The number of ether oxygens (including phenoxy) is 2. The molecule has 4 bridgehead atoms. The van der Waals surface area contributed by atoms with E-state index in [2.05, 4.69) is 21.3 Å². The van der Waals surface area contributed by atoms with Crippen LogP contribution in [-0.4, -0.2) is 104 Å². The molecular formula is C32H41ClN8O8. The van der Waals surface area contributed by atoms with Gasteiger partial charge in [0.15, 0.2) is 0 Å². The molecule has 2 aromatic rings. The second-order valence-corrected chi connectivity index (χ2v) is 11.4. The quantitative estimate of drug-likeness (QED) is 0.0790. The van der Waals surface area contributed by atoms with Crippen molar-refractivity contribution in [3.8, 4) is 28.7 Å². The first-order valence-corrected chi connectivity index (χ1v) is 15.8. The summed E-state index contributed by atoms with van der Waals surface area (Å²) in [4.78, 5) is 67.0. The molecule has 49 heavy (non-hydrogen) atoms. The van der Waals surface area contributed by atoms with E-state index in [-0.39, 0.29) is 51.3 Å². The van der Waals surface area contributed by atoms with Crippen LogP contribution in [0.3, 0.4) is 0 Å². The molecule has 0 unspecified atom stereocenters. The van der Waals surface area contributed by atoms with E-state index in [1.165, 1.54) is 14.0 Å². The first-order valence-electron chi connectivity index (χ1n) is 15.5. The number of amides is 5. The van der Waals surface area contributed by atoms with Crippen molar-refractivity contribution >= 4 is 40.6 Å². The number of benzene rings is 2. The van der Waals surface area contributed by atoms with E-state index in [0.29, 0.717) is 28.2 Å². The smallest absolute Gasteiger partial charge is 0.314 e. The third-order valence-electron chi connectivity index (χ3n) is 7.56. The number of halogens is 1. The van der Waals surface area contributed by atoms with Crippen LogP contribution in [0.1, 0.15) is 30.5 Å². The minimum absolute atomic E-state index is 0.00488. The van der Waals surface area contributed by atoms with Gasteiger partial charge in [0.2, 0.25) is 23.6 Å². The van der Waals surface area contributed by atoms with Crippen LogP contribution in [0.25, 0.3) is 11.1 Å². The monoisotopic (exact) mass is 700 g/mol. The van der Waals surface area contributed by atoms with Gasteiger partial charge in [0.25, 0.3) is 0 Å². The number of hydrogen-bond acceptors (Lipinski definition) is 11. The van der Waals surface area contributed by atoms with Crippen molar-refractivity contribution in [1.29, 1.82) is 5.26 Å². The largest absolute Gasteiger partial charge is 0.492 e. The fourth-order valence-corrected chi connectivity index (χ4v) is 5.36. The molecule has 16 nitrogen and oxygen atoms in total. The predicted octanol–water partition coefficient (Wildman–Crippen LogP) is -0.587. The van der Waals surface area contributed by atoms with Gasteiger partial charge >= 0.3 is 5.37 Å². The Morgan fingerprint density at radius 2 is 1.69 bits per heavy atom. The molecule has 0 radical (unpaired) electrons. The number of fused-ring (bicyclic) bond motifs is 5. The van der Waals surface area contributed by atoms with Crippen molar-refractivity contribution in [1.82, 2.24) is 26.2 Å². The molecule has 264 valence electrons. The standard InChI is InChI=1S/C32H41ClN8O8/c1-18-28(43)39-24(29(44)37-11-8-34)16-19-3-5-25(48-13-9-35)21(15-19)22-17-20(4-6-26(22)49-14-10-36)27(30(45)38-18)41(2)31(46)23(7-12-42)40-32(33)47/h3-6,15,17-18,23-24,27,42H,7,9-14,16,35-36H2,1-2H3,(H,37,44)(H,38,45)(H,39,43)(H,40,47)/t18-,23-,24-,27-/m0/s1. The van der Waals surface area contributed by atoms with Gasteiger partial charge in [-0.25, -0.2) is 0 Å². The molecule has 0 aromatic heterocycles. The van der Waals surface area contributed by atoms with Crippen molar-refractivity contribution in [2.75, 3.05) is 46.5 Å². The molecule has 9 N–H and O–H groups in total. The van der Waals surface area contributed by atoms with Gasteiger partial charge in [-0.05, 0) is 60.3 Å². The number of nitrogens with two attached hydrogens (primary N) is 2. The molecule has 4 atom stereocenters. The maximum atomic E-state index is 14.0. The molecule has 1 aliphatic heterocycles. The van der Waals surface area contributed by atoms with Gasteiger partial charge in [-0.1, -0.05) is 12.1 Å². The Labute approximate surface area is 288 Å². The van der Waals surface area contributed by atoms with E-state index in [4.69, 9.17) is 37.8 Å². The molecule has 2 aromatic carbocycles. The SMILES string of the molecule is C[C@@H]1NC(=O)[C@@H](N(C)C(=O)[C@H](CCO)NC(=O)Cl)c2ccc(OCCN)c(c2)-c2cc(ccc2OCCN)C[C@@H](C(=O)NCC#N)NC1=O. The van der Waals surface area contributed by atoms with Crippen LogP contribution in [0.5, 0.6) is 11.5 Å². The lowest BCUT2D eigenvalue weighted by atomic mass is 9.93. The number of likely N-dealkylation sites (N-methyl/N-ethyl adjacent to an activating group) is 1. The van der Waals surface area contributed by atoms with Crippen molar-refractivity contribution in [2.45, 2.75) is 43.9 Å². The zero-order chi connectivity index (χ0) is 36.1. The number of nitrogens with zero attached hydrogens (tertiary/aromatic N) is 2. The molecule has 17 heteroatoms. The van der Waals surface area contributed by atoms with E-state index in [1.807, 2.05) is 6.07 Å². The third-order valence-corrected chi connectivity index (χ3v) is 7.67. The highest BCUT2D eigenvalue weighted by Gasteiger charge is 2.36. The first kappa shape index (κ1) is 38.5. The highest BCUT2D eigenvalue weighted by Crippen LogP contribution is 2.40. The Balaban J connectivity index is 2.31. The van der Waals surface area contributed by atoms with Crippen LogP contribution in [0.15, 0.2) is 36.4 Å². The Morgan fingerprint density at radius 3 is 2.29 bits per heavy atom. The molecule has 0 aliphatic carbocycles. The number of aliphatic hydroxyl groups is 1. The first-order chi connectivity index (χ1) is 23.4. The maximum absolute atomic E-state index is 14.0. The second-order valence-electron chi connectivity index (χ2n) is 11.1. The van der Waals surface area contributed by atoms with Gasteiger partial charge in [0, 0.05) is 44.3 Å². The number of aliphatic hydroxyl groups excluding tert-OH is 1. The number of hydrogen-bond donors (Lipinski definition) is 7. The fourth-order valence-electron chi connectivity index (χ4n) is 5.23. The molecule has 0 fully saturated rings. The lowest BCUT2D eigenvalue weighted by molar-refractivity contribution is -0.141. The van der Waals surface area contributed by atoms with Crippen molar-refractivity contribution in [3.63, 3.8) is 0 Å². The van der Waals surface area contributed by atoms with Crippen molar-refractivity contribution in [3.05, 3.63) is 47.5 Å². The Bertz CT molecular complexity index is 1570. The summed E-state index contributed by atoms with van der Waals surface area (Å²) in [6.07, 6.45) is -0.194. The number of nitriles is 1. The molecule has 1 aliphatic rings. The van der Waals surface area contributed by atoms with Crippen LogP contribution >= 0.6 is 11.6 Å². The lowest BCUT2D eigenvalue weighted by Crippen LogP contribution is -2.55. The zero-order valence-electron chi connectivity index (χ0n) is 27.2. The summed E-state index contributed by atoms with van der Waals surface area (Å²) in [6, 6.07) is 6.74. The van der Waals surface area contributed by atoms with Gasteiger partial charge < -0.3 is 52.2 Å². The molecule has 0 spiro atoms. The molecule has 0 saturated heterocycles. The van der Waals surface area contributed by atoms with Gasteiger partial charge in [-0.3, -0.25) is 24.0 Å². The molecule has 0 saturated carbocycles. The van der Waals surface area contributed by atoms with E-state index >= 15 is 0 Å². The highest BCUT2D eigenvalue weighted by atomic mass is 35.5. The minimum atomic E-state index is -1.40. The number of nitrogens with one attached hydrogen (secondary N) is 4. The minimum Gasteiger partial charge on any atom is -0.492 e. The molecule has 5 amide bonds.